The zero-order valence-corrected chi connectivity index (χ0v) is 10.5. The van der Waals surface area contributed by atoms with Crippen LogP contribution in [0.25, 0.3) is 0 Å². The monoisotopic (exact) mass is 221 g/mol. The van der Waals surface area contributed by atoms with Gasteiger partial charge in [-0.1, -0.05) is 38.1 Å². The third-order valence-electron chi connectivity index (χ3n) is 3.75. The van der Waals surface area contributed by atoms with Gasteiger partial charge in [-0.05, 0) is 30.4 Å². The molecule has 3 N–H and O–H groups in total. The van der Waals surface area contributed by atoms with Gasteiger partial charge in [0.2, 0.25) is 0 Å². The van der Waals surface area contributed by atoms with Crippen molar-refractivity contribution in [3.8, 4) is 0 Å². The molecule has 0 aliphatic heterocycles. The molecule has 0 saturated carbocycles. The molecule has 0 amide bonds. The summed E-state index contributed by atoms with van der Waals surface area (Å²) in [5.41, 5.74) is 8.23. The molecule has 0 saturated heterocycles. The predicted octanol–water partition coefficient (Wildman–Crippen LogP) is 2.13. The third kappa shape index (κ3) is 2.63. The van der Waals surface area contributed by atoms with Gasteiger partial charge in [0.1, 0.15) is 0 Å². The maximum atomic E-state index is 9.62. The summed E-state index contributed by atoms with van der Waals surface area (Å²) < 4.78 is 0. The number of aliphatic hydroxyl groups excluding tert-OH is 1. The lowest BCUT2D eigenvalue weighted by Crippen LogP contribution is -2.41. The summed E-state index contributed by atoms with van der Waals surface area (Å²) in [4.78, 5) is 0. The van der Waals surface area contributed by atoms with Crippen molar-refractivity contribution in [2.45, 2.75) is 27.2 Å². The van der Waals surface area contributed by atoms with E-state index in [1.165, 1.54) is 11.1 Å². The number of nitrogens with two attached hydrogens (primary N) is 1. The van der Waals surface area contributed by atoms with Crippen molar-refractivity contribution in [2.75, 3.05) is 13.2 Å². The van der Waals surface area contributed by atoms with E-state index >= 15 is 0 Å². The third-order valence-corrected chi connectivity index (χ3v) is 3.75. The van der Waals surface area contributed by atoms with Crippen molar-refractivity contribution in [1.82, 2.24) is 0 Å². The number of aliphatic hydroxyl groups is 1. The summed E-state index contributed by atoms with van der Waals surface area (Å²) in [7, 11) is 0. The largest absolute Gasteiger partial charge is 0.396 e. The predicted molar refractivity (Wildman–Crippen MR) is 68.3 cm³/mol. The van der Waals surface area contributed by atoms with Gasteiger partial charge in [-0.25, -0.2) is 0 Å². The molecule has 0 spiro atoms. The molecular weight excluding hydrogens is 198 g/mol. The molecule has 16 heavy (non-hydrogen) atoms. The van der Waals surface area contributed by atoms with Crippen LogP contribution in [0.1, 0.15) is 25.0 Å². The first-order valence-corrected chi connectivity index (χ1v) is 5.91. The Morgan fingerprint density at radius 2 is 1.94 bits per heavy atom. The number of hydrogen-bond acceptors (Lipinski definition) is 2. The number of hydrogen-bond donors (Lipinski definition) is 2. The van der Waals surface area contributed by atoms with Gasteiger partial charge in [-0.15, -0.1) is 0 Å². The van der Waals surface area contributed by atoms with E-state index in [2.05, 4.69) is 32.9 Å². The highest BCUT2D eigenvalue weighted by Crippen LogP contribution is 2.31. The lowest BCUT2D eigenvalue weighted by Gasteiger charge is -2.35. The highest BCUT2D eigenvalue weighted by Gasteiger charge is 2.32. The molecule has 1 aromatic rings. The fraction of sp³-hybridized carbons (Fsp3) is 0.571. The van der Waals surface area contributed by atoms with E-state index in [-0.39, 0.29) is 12.0 Å². The number of rotatable bonds is 5. The highest BCUT2D eigenvalue weighted by molar-refractivity contribution is 5.27. The lowest BCUT2D eigenvalue weighted by atomic mass is 9.73. The Balaban J connectivity index is 2.96. The maximum absolute atomic E-state index is 9.62. The topological polar surface area (TPSA) is 46.2 Å². The zero-order valence-electron chi connectivity index (χ0n) is 10.5. The second-order valence-electron chi connectivity index (χ2n) is 4.98. The minimum Gasteiger partial charge on any atom is -0.396 e. The minimum absolute atomic E-state index is 0.148. The maximum Gasteiger partial charge on any atom is 0.0505 e. The van der Waals surface area contributed by atoms with Crippen molar-refractivity contribution in [3.05, 3.63) is 35.4 Å². The van der Waals surface area contributed by atoms with Crippen LogP contribution in [0.15, 0.2) is 24.3 Å². The summed E-state index contributed by atoms with van der Waals surface area (Å²) in [5, 5.41) is 9.62. The quantitative estimate of drug-likeness (QED) is 0.800. The Morgan fingerprint density at radius 3 is 2.38 bits per heavy atom. The summed E-state index contributed by atoms with van der Waals surface area (Å²) in [6, 6.07) is 8.31. The van der Waals surface area contributed by atoms with Crippen LogP contribution >= 0.6 is 0 Å². The van der Waals surface area contributed by atoms with Gasteiger partial charge in [0.25, 0.3) is 0 Å². The molecule has 0 radical (unpaired) electrons. The van der Waals surface area contributed by atoms with E-state index < -0.39 is 0 Å². The minimum atomic E-state index is -0.188. The van der Waals surface area contributed by atoms with Gasteiger partial charge in [0, 0.05) is 12.0 Å². The van der Waals surface area contributed by atoms with Crippen LogP contribution in [0, 0.1) is 18.3 Å². The highest BCUT2D eigenvalue weighted by atomic mass is 16.3. The Morgan fingerprint density at radius 1 is 1.31 bits per heavy atom. The van der Waals surface area contributed by atoms with Crippen LogP contribution < -0.4 is 5.73 Å². The van der Waals surface area contributed by atoms with Crippen LogP contribution in [0.5, 0.6) is 0 Å². The Bertz CT molecular complexity index is 329. The summed E-state index contributed by atoms with van der Waals surface area (Å²) in [6.45, 7) is 7.03. The van der Waals surface area contributed by atoms with Crippen molar-refractivity contribution < 1.29 is 5.11 Å². The second kappa shape index (κ2) is 5.46. The molecule has 0 fully saturated rings. The van der Waals surface area contributed by atoms with Crippen molar-refractivity contribution >= 4 is 0 Å². The van der Waals surface area contributed by atoms with E-state index in [9.17, 15) is 5.11 Å². The number of aryl methyl sites for hydroxylation is 1. The molecule has 90 valence electrons. The molecule has 0 bridgehead atoms. The molecule has 1 aromatic carbocycles. The molecule has 2 heteroatoms. The molecule has 2 nitrogen and oxygen atoms in total. The van der Waals surface area contributed by atoms with Crippen molar-refractivity contribution in [3.63, 3.8) is 0 Å². The average Bonchev–Trinajstić information content (AvgIpc) is 2.28. The first-order valence-electron chi connectivity index (χ1n) is 5.91. The smallest absolute Gasteiger partial charge is 0.0505 e. The van der Waals surface area contributed by atoms with Crippen LogP contribution in [0.4, 0.5) is 0 Å². The molecule has 0 aliphatic carbocycles. The molecule has 0 heterocycles. The Labute approximate surface area is 98.5 Å². The van der Waals surface area contributed by atoms with Gasteiger partial charge in [-0.3, -0.25) is 0 Å². The first-order chi connectivity index (χ1) is 7.55. The van der Waals surface area contributed by atoms with Gasteiger partial charge in [-0.2, -0.15) is 0 Å². The Kier molecular flexibility index (Phi) is 4.51. The average molecular weight is 221 g/mol. The number of benzene rings is 1. The fourth-order valence-corrected chi connectivity index (χ4v) is 2.00. The van der Waals surface area contributed by atoms with Gasteiger partial charge >= 0.3 is 0 Å². The summed E-state index contributed by atoms with van der Waals surface area (Å²) >= 11 is 0. The van der Waals surface area contributed by atoms with Gasteiger partial charge in [0.05, 0.1) is 6.61 Å². The molecule has 1 rings (SSSR count). The standard InChI is InChI=1S/C14H23NO/c1-11(2)14(9-15,10-16)8-13-7-5-4-6-12(13)3/h4-7,11,16H,8-10,15H2,1-3H3. The van der Waals surface area contributed by atoms with Crippen LogP contribution in [0.3, 0.4) is 0 Å². The molecule has 1 atom stereocenters. The van der Waals surface area contributed by atoms with E-state index in [1.54, 1.807) is 0 Å². The first kappa shape index (κ1) is 13.2. The summed E-state index contributed by atoms with van der Waals surface area (Å²) in [5.74, 6) is 0.377. The second-order valence-corrected chi connectivity index (χ2v) is 4.98. The molecule has 1 unspecified atom stereocenters. The Hall–Kier alpha value is -0.860. The lowest BCUT2D eigenvalue weighted by molar-refractivity contribution is 0.0841. The SMILES string of the molecule is Cc1ccccc1CC(CN)(CO)C(C)C. The van der Waals surface area contributed by atoms with Crippen LogP contribution in [-0.4, -0.2) is 18.3 Å². The molecule has 0 aliphatic rings. The van der Waals surface area contributed by atoms with E-state index in [1.807, 2.05) is 12.1 Å². The van der Waals surface area contributed by atoms with Crippen molar-refractivity contribution in [2.24, 2.45) is 17.1 Å². The molecule has 0 aromatic heterocycles. The normalized spacial score (nSPS) is 15.1. The fourth-order valence-electron chi connectivity index (χ4n) is 2.00. The van der Waals surface area contributed by atoms with Crippen LogP contribution in [0.2, 0.25) is 0 Å². The van der Waals surface area contributed by atoms with E-state index in [0.717, 1.165) is 6.42 Å². The van der Waals surface area contributed by atoms with E-state index in [4.69, 9.17) is 5.73 Å². The van der Waals surface area contributed by atoms with Crippen LogP contribution in [-0.2, 0) is 6.42 Å². The molecular formula is C14H23NO. The van der Waals surface area contributed by atoms with Crippen molar-refractivity contribution in [1.29, 1.82) is 0 Å². The summed E-state index contributed by atoms with van der Waals surface area (Å²) in [6.07, 6.45) is 0.852. The van der Waals surface area contributed by atoms with Gasteiger partial charge in [0.15, 0.2) is 0 Å². The zero-order chi connectivity index (χ0) is 12.2. The van der Waals surface area contributed by atoms with E-state index in [0.29, 0.717) is 12.5 Å². The van der Waals surface area contributed by atoms with Gasteiger partial charge < -0.3 is 10.8 Å².